The van der Waals surface area contributed by atoms with Gasteiger partial charge < -0.3 is 14.4 Å². The Balaban J connectivity index is 1.79. The molecule has 0 unspecified atom stereocenters. The molecule has 0 radical (unpaired) electrons. The maximum absolute atomic E-state index is 13.9. The summed E-state index contributed by atoms with van der Waals surface area (Å²) in [7, 11) is 5.25. The molecule has 5 heteroatoms. The molecule has 25 heavy (non-hydrogen) atoms. The Labute approximate surface area is 146 Å². The van der Waals surface area contributed by atoms with E-state index in [0.29, 0.717) is 5.52 Å². The van der Waals surface area contributed by atoms with Gasteiger partial charge in [0.15, 0.2) is 11.5 Å². The lowest BCUT2D eigenvalue weighted by atomic mass is 10.1. The van der Waals surface area contributed by atoms with Gasteiger partial charge in [-0.3, -0.25) is 4.98 Å². The van der Waals surface area contributed by atoms with Gasteiger partial charge in [-0.05, 0) is 36.2 Å². The minimum absolute atomic E-state index is 0.298. The highest BCUT2D eigenvalue weighted by Crippen LogP contribution is 2.29. The van der Waals surface area contributed by atoms with Crippen LogP contribution in [0.1, 0.15) is 5.56 Å². The maximum atomic E-state index is 13.9. The minimum atomic E-state index is -0.298. The Morgan fingerprint density at radius 3 is 2.60 bits per heavy atom. The van der Waals surface area contributed by atoms with Gasteiger partial charge in [0, 0.05) is 30.9 Å². The second kappa shape index (κ2) is 7.38. The highest BCUT2D eigenvalue weighted by atomic mass is 19.1. The molecule has 0 aliphatic heterocycles. The van der Waals surface area contributed by atoms with Crippen molar-refractivity contribution in [3.05, 3.63) is 60.0 Å². The van der Waals surface area contributed by atoms with Gasteiger partial charge in [0.25, 0.3) is 0 Å². The summed E-state index contributed by atoms with van der Waals surface area (Å²) in [6, 6.07) is 12.9. The summed E-state index contributed by atoms with van der Waals surface area (Å²) in [5.41, 5.74) is 2.51. The van der Waals surface area contributed by atoms with E-state index in [9.17, 15) is 4.39 Å². The van der Waals surface area contributed by atoms with Crippen molar-refractivity contribution in [1.82, 2.24) is 4.98 Å². The zero-order chi connectivity index (χ0) is 17.8. The number of ether oxygens (including phenoxy) is 2. The Hall–Kier alpha value is -2.82. The highest BCUT2D eigenvalue weighted by molar-refractivity contribution is 5.91. The van der Waals surface area contributed by atoms with Crippen molar-refractivity contribution in [2.75, 3.05) is 32.7 Å². The second-order valence-electron chi connectivity index (χ2n) is 5.83. The van der Waals surface area contributed by atoms with Crippen LogP contribution in [0.25, 0.3) is 10.9 Å². The average Bonchev–Trinajstić information content (AvgIpc) is 2.65. The van der Waals surface area contributed by atoms with Crippen LogP contribution in [0.4, 0.5) is 10.1 Å². The van der Waals surface area contributed by atoms with Crippen LogP contribution < -0.4 is 14.4 Å². The smallest absolute Gasteiger partial charge is 0.160 e. The van der Waals surface area contributed by atoms with Gasteiger partial charge in [0.1, 0.15) is 11.3 Å². The topological polar surface area (TPSA) is 34.6 Å². The van der Waals surface area contributed by atoms with Crippen molar-refractivity contribution in [1.29, 1.82) is 0 Å². The van der Waals surface area contributed by atoms with Crippen LogP contribution >= 0.6 is 0 Å². The van der Waals surface area contributed by atoms with E-state index < -0.39 is 0 Å². The predicted molar refractivity (Wildman–Crippen MR) is 98.2 cm³/mol. The molecule has 130 valence electrons. The van der Waals surface area contributed by atoms with Crippen LogP contribution in [-0.2, 0) is 6.42 Å². The highest BCUT2D eigenvalue weighted by Gasteiger charge is 2.10. The van der Waals surface area contributed by atoms with Crippen molar-refractivity contribution < 1.29 is 13.9 Å². The largest absolute Gasteiger partial charge is 0.493 e. The van der Waals surface area contributed by atoms with Gasteiger partial charge in [-0.2, -0.15) is 0 Å². The molecule has 0 aliphatic rings. The molecule has 0 amide bonds. The van der Waals surface area contributed by atoms with Gasteiger partial charge in [0.2, 0.25) is 0 Å². The van der Waals surface area contributed by atoms with Gasteiger partial charge in [-0.25, -0.2) is 4.39 Å². The molecule has 0 saturated carbocycles. The molecular formula is C20H21FN2O2. The number of likely N-dealkylation sites (N-methyl/N-ethyl adjacent to an activating group) is 1. The summed E-state index contributed by atoms with van der Waals surface area (Å²) in [6.07, 6.45) is 2.48. The summed E-state index contributed by atoms with van der Waals surface area (Å²) in [5, 5.41) is 0.817. The fraction of sp³-hybridized carbons (Fsp3) is 0.250. The van der Waals surface area contributed by atoms with Gasteiger partial charge in [0.05, 0.1) is 14.2 Å². The molecule has 0 fully saturated rings. The average molecular weight is 340 g/mol. The summed E-state index contributed by atoms with van der Waals surface area (Å²) >= 11 is 0. The van der Waals surface area contributed by atoms with Gasteiger partial charge >= 0.3 is 0 Å². The number of hydrogen-bond donors (Lipinski definition) is 0. The molecule has 3 rings (SSSR count). The molecule has 0 spiro atoms. The zero-order valence-electron chi connectivity index (χ0n) is 14.6. The predicted octanol–water partition coefficient (Wildman–Crippen LogP) is 4.07. The van der Waals surface area contributed by atoms with E-state index >= 15 is 0 Å². The summed E-state index contributed by atoms with van der Waals surface area (Å²) in [5.74, 6) is 1.14. The van der Waals surface area contributed by atoms with E-state index in [2.05, 4.69) is 9.88 Å². The first-order valence-corrected chi connectivity index (χ1v) is 8.09. The molecule has 2 aromatic carbocycles. The third kappa shape index (κ3) is 3.50. The Morgan fingerprint density at radius 2 is 1.84 bits per heavy atom. The molecular weight excluding hydrogens is 319 g/mol. The fourth-order valence-corrected chi connectivity index (χ4v) is 2.91. The standard InChI is InChI=1S/C20H21FN2O2/c1-23(12-10-14-7-8-18(24-2)19(13-14)25-3)17-9-11-22-20-15(17)5-4-6-16(20)21/h4-9,11,13H,10,12H2,1-3H3. The van der Waals surface area contributed by atoms with Crippen molar-refractivity contribution in [2.45, 2.75) is 6.42 Å². The van der Waals surface area contributed by atoms with E-state index in [0.717, 1.165) is 41.1 Å². The second-order valence-corrected chi connectivity index (χ2v) is 5.83. The maximum Gasteiger partial charge on any atom is 0.160 e. The minimum Gasteiger partial charge on any atom is -0.493 e. The van der Waals surface area contributed by atoms with E-state index in [-0.39, 0.29) is 5.82 Å². The zero-order valence-corrected chi connectivity index (χ0v) is 14.6. The fourth-order valence-electron chi connectivity index (χ4n) is 2.91. The summed E-state index contributed by atoms with van der Waals surface area (Å²) in [6.45, 7) is 0.783. The molecule has 4 nitrogen and oxygen atoms in total. The number of halogens is 1. The third-order valence-electron chi connectivity index (χ3n) is 4.29. The quantitative estimate of drug-likeness (QED) is 0.677. The Morgan fingerprint density at radius 1 is 1.04 bits per heavy atom. The molecule has 1 heterocycles. The first kappa shape index (κ1) is 17.0. The number of pyridine rings is 1. The summed E-state index contributed by atoms with van der Waals surface area (Å²) < 4.78 is 24.5. The van der Waals surface area contributed by atoms with Gasteiger partial charge in [-0.1, -0.05) is 18.2 Å². The van der Waals surface area contributed by atoms with Crippen LogP contribution in [0.3, 0.4) is 0 Å². The van der Waals surface area contributed by atoms with E-state index in [4.69, 9.17) is 9.47 Å². The normalized spacial score (nSPS) is 10.7. The summed E-state index contributed by atoms with van der Waals surface area (Å²) in [4.78, 5) is 6.26. The number of aromatic nitrogens is 1. The first-order valence-electron chi connectivity index (χ1n) is 8.09. The molecule has 0 bridgehead atoms. The molecule has 3 aromatic rings. The van der Waals surface area contributed by atoms with Crippen LogP contribution in [0, 0.1) is 5.82 Å². The van der Waals surface area contributed by atoms with Crippen LogP contribution in [-0.4, -0.2) is 32.8 Å². The molecule has 0 atom stereocenters. The Bertz CT molecular complexity index is 883. The lowest BCUT2D eigenvalue weighted by molar-refractivity contribution is 0.354. The molecule has 0 N–H and O–H groups in total. The molecule has 0 aliphatic carbocycles. The number of nitrogens with zero attached hydrogens (tertiary/aromatic N) is 2. The Kier molecular flexibility index (Phi) is 5.03. The number of methoxy groups -OCH3 is 2. The molecule has 1 aromatic heterocycles. The van der Waals surface area contributed by atoms with Gasteiger partial charge in [-0.15, -0.1) is 0 Å². The number of para-hydroxylation sites is 1. The lowest BCUT2D eigenvalue weighted by Crippen LogP contribution is -2.20. The van der Waals surface area contributed by atoms with Crippen molar-refractivity contribution in [3.8, 4) is 11.5 Å². The lowest BCUT2D eigenvalue weighted by Gasteiger charge is -2.21. The van der Waals surface area contributed by atoms with Crippen molar-refractivity contribution in [2.24, 2.45) is 0 Å². The van der Waals surface area contributed by atoms with E-state index in [1.165, 1.54) is 6.07 Å². The number of hydrogen-bond acceptors (Lipinski definition) is 4. The van der Waals surface area contributed by atoms with Crippen LogP contribution in [0.15, 0.2) is 48.7 Å². The van der Waals surface area contributed by atoms with Crippen molar-refractivity contribution >= 4 is 16.6 Å². The third-order valence-corrected chi connectivity index (χ3v) is 4.29. The van der Waals surface area contributed by atoms with Crippen LogP contribution in [0.5, 0.6) is 11.5 Å². The molecule has 0 saturated heterocycles. The van der Waals surface area contributed by atoms with E-state index in [1.54, 1.807) is 26.5 Å². The van der Waals surface area contributed by atoms with E-state index in [1.807, 2.05) is 37.4 Å². The monoisotopic (exact) mass is 340 g/mol. The number of fused-ring (bicyclic) bond motifs is 1. The number of anilines is 1. The SMILES string of the molecule is COc1ccc(CCN(C)c2ccnc3c(F)cccc23)cc1OC. The van der Waals surface area contributed by atoms with Crippen molar-refractivity contribution in [3.63, 3.8) is 0 Å². The first-order chi connectivity index (χ1) is 12.1. The number of rotatable bonds is 6. The number of benzene rings is 2. The van der Waals surface area contributed by atoms with Crippen LogP contribution in [0.2, 0.25) is 0 Å².